The standard InChI is InChI=1S/C17H19N7O/c1-12-4-7-18-14(10-12)20-17(25)13-5-8-23(9-6-13)16-3-2-15-21-19-11-24(15)22-16/h2-4,7,10-11,13H,5-6,8-9H2,1H3,(H,18,20,25). The van der Waals surface area contributed by atoms with Crippen molar-refractivity contribution >= 4 is 23.2 Å². The fourth-order valence-electron chi connectivity index (χ4n) is 3.09. The van der Waals surface area contributed by atoms with E-state index in [1.807, 2.05) is 31.2 Å². The average molecular weight is 337 g/mol. The monoisotopic (exact) mass is 337 g/mol. The largest absolute Gasteiger partial charge is 0.355 e. The zero-order chi connectivity index (χ0) is 17.2. The van der Waals surface area contributed by atoms with Crippen molar-refractivity contribution < 1.29 is 4.79 Å². The molecule has 0 aromatic carbocycles. The van der Waals surface area contributed by atoms with Gasteiger partial charge in [0.1, 0.15) is 18.0 Å². The molecule has 128 valence electrons. The molecular weight excluding hydrogens is 318 g/mol. The lowest BCUT2D eigenvalue weighted by molar-refractivity contribution is -0.120. The summed E-state index contributed by atoms with van der Waals surface area (Å²) in [5.74, 6) is 1.54. The smallest absolute Gasteiger partial charge is 0.228 e. The Hall–Kier alpha value is -3.03. The molecule has 4 heterocycles. The molecule has 1 fully saturated rings. The van der Waals surface area contributed by atoms with Crippen LogP contribution in [0.25, 0.3) is 5.65 Å². The lowest BCUT2D eigenvalue weighted by Gasteiger charge is -2.31. The van der Waals surface area contributed by atoms with Crippen LogP contribution < -0.4 is 10.2 Å². The molecule has 1 aliphatic heterocycles. The van der Waals surface area contributed by atoms with E-state index in [1.54, 1.807) is 17.0 Å². The second-order valence-electron chi connectivity index (χ2n) is 6.29. The van der Waals surface area contributed by atoms with Crippen molar-refractivity contribution in [1.29, 1.82) is 0 Å². The molecule has 1 aliphatic rings. The zero-order valence-electron chi connectivity index (χ0n) is 14.0. The molecule has 4 rings (SSSR count). The minimum absolute atomic E-state index is 0.00259. The van der Waals surface area contributed by atoms with Gasteiger partial charge >= 0.3 is 0 Å². The average Bonchev–Trinajstić information content (AvgIpc) is 3.09. The van der Waals surface area contributed by atoms with Gasteiger partial charge in [-0.1, -0.05) is 0 Å². The predicted octanol–water partition coefficient (Wildman–Crippen LogP) is 1.68. The van der Waals surface area contributed by atoms with Gasteiger partial charge in [-0.3, -0.25) is 4.79 Å². The Balaban J connectivity index is 1.38. The van der Waals surface area contributed by atoms with E-state index in [0.717, 1.165) is 43.0 Å². The molecule has 1 N–H and O–H groups in total. The molecule has 1 saturated heterocycles. The van der Waals surface area contributed by atoms with Gasteiger partial charge in [0, 0.05) is 25.2 Å². The van der Waals surface area contributed by atoms with Gasteiger partial charge in [0.15, 0.2) is 5.65 Å². The molecular formula is C17H19N7O. The number of nitrogens with one attached hydrogen (secondary N) is 1. The van der Waals surface area contributed by atoms with Gasteiger partial charge in [0.25, 0.3) is 0 Å². The van der Waals surface area contributed by atoms with Crippen molar-refractivity contribution in [2.75, 3.05) is 23.3 Å². The Morgan fingerprint density at radius 2 is 2.08 bits per heavy atom. The maximum absolute atomic E-state index is 12.5. The van der Waals surface area contributed by atoms with Crippen LogP contribution in [0.5, 0.6) is 0 Å². The third-order valence-electron chi connectivity index (χ3n) is 4.50. The molecule has 0 bridgehead atoms. The number of aromatic nitrogens is 5. The number of hydrogen-bond acceptors (Lipinski definition) is 6. The first kappa shape index (κ1) is 15.5. The summed E-state index contributed by atoms with van der Waals surface area (Å²) < 4.78 is 1.66. The maximum Gasteiger partial charge on any atom is 0.228 e. The highest BCUT2D eigenvalue weighted by molar-refractivity contribution is 5.91. The van der Waals surface area contributed by atoms with Crippen LogP contribution in [0.4, 0.5) is 11.6 Å². The number of aryl methyl sites for hydroxylation is 1. The van der Waals surface area contributed by atoms with Crippen LogP contribution in [0.2, 0.25) is 0 Å². The summed E-state index contributed by atoms with van der Waals surface area (Å²) in [5.41, 5.74) is 1.80. The summed E-state index contributed by atoms with van der Waals surface area (Å²) in [4.78, 5) is 18.8. The summed E-state index contributed by atoms with van der Waals surface area (Å²) in [5, 5.41) is 15.2. The Morgan fingerprint density at radius 3 is 2.88 bits per heavy atom. The summed E-state index contributed by atoms with van der Waals surface area (Å²) in [6, 6.07) is 7.64. The molecule has 3 aromatic rings. The topological polar surface area (TPSA) is 88.3 Å². The first-order valence-electron chi connectivity index (χ1n) is 8.34. The SMILES string of the molecule is Cc1ccnc(NC(=O)C2CCN(c3ccc4nncn4n3)CC2)c1. The zero-order valence-corrected chi connectivity index (χ0v) is 14.0. The number of hydrogen-bond donors (Lipinski definition) is 1. The van der Waals surface area contributed by atoms with Crippen LogP contribution in [-0.4, -0.2) is 43.8 Å². The summed E-state index contributed by atoms with van der Waals surface area (Å²) >= 11 is 0. The van der Waals surface area contributed by atoms with Gasteiger partial charge in [-0.05, 0) is 49.6 Å². The third kappa shape index (κ3) is 3.28. The minimum atomic E-state index is -0.00259. The van der Waals surface area contributed by atoms with Crippen molar-refractivity contribution in [2.45, 2.75) is 19.8 Å². The quantitative estimate of drug-likeness (QED) is 0.782. The number of carbonyl (C=O) groups is 1. The first-order valence-corrected chi connectivity index (χ1v) is 8.34. The van der Waals surface area contributed by atoms with Crippen LogP contribution in [0.15, 0.2) is 36.8 Å². The predicted molar refractivity (Wildman–Crippen MR) is 93.3 cm³/mol. The lowest BCUT2D eigenvalue weighted by Crippen LogP contribution is -2.38. The van der Waals surface area contributed by atoms with Gasteiger partial charge in [0.05, 0.1) is 0 Å². The van der Waals surface area contributed by atoms with Gasteiger partial charge in [-0.15, -0.1) is 15.3 Å². The molecule has 25 heavy (non-hydrogen) atoms. The van der Waals surface area contributed by atoms with Crippen LogP contribution >= 0.6 is 0 Å². The van der Waals surface area contributed by atoms with Crippen LogP contribution in [0.1, 0.15) is 18.4 Å². The Bertz CT molecular complexity index is 899. The number of fused-ring (bicyclic) bond motifs is 1. The van der Waals surface area contributed by atoms with Crippen molar-refractivity contribution in [3.63, 3.8) is 0 Å². The van der Waals surface area contributed by atoms with E-state index in [9.17, 15) is 4.79 Å². The number of pyridine rings is 1. The number of piperidine rings is 1. The number of rotatable bonds is 3. The second kappa shape index (κ2) is 6.46. The van der Waals surface area contributed by atoms with Gasteiger partial charge in [0.2, 0.25) is 5.91 Å². The normalized spacial score (nSPS) is 15.5. The fourth-order valence-corrected chi connectivity index (χ4v) is 3.09. The number of amides is 1. The summed E-state index contributed by atoms with van der Waals surface area (Å²) in [7, 11) is 0. The van der Waals surface area contributed by atoms with Crippen LogP contribution in [0, 0.1) is 12.8 Å². The van der Waals surface area contributed by atoms with Gasteiger partial charge in [-0.25, -0.2) is 4.98 Å². The van der Waals surface area contributed by atoms with E-state index in [2.05, 4.69) is 30.5 Å². The number of nitrogens with zero attached hydrogens (tertiary/aromatic N) is 6. The van der Waals surface area contributed by atoms with E-state index in [1.165, 1.54) is 0 Å². The van der Waals surface area contributed by atoms with Gasteiger partial charge < -0.3 is 10.2 Å². The number of carbonyl (C=O) groups excluding carboxylic acids is 1. The molecule has 0 unspecified atom stereocenters. The fraction of sp³-hybridized carbons (Fsp3) is 0.353. The Labute approximate surface area is 144 Å². The van der Waals surface area contributed by atoms with Crippen molar-refractivity contribution in [3.05, 3.63) is 42.4 Å². The second-order valence-corrected chi connectivity index (χ2v) is 6.29. The summed E-state index contributed by atoms with van der Waals surface area (Å²) in [6.45, 7) is 3.56. The van der Waals surface area contributed by atoms with Crippen molar-refractivity contribution in [2.24, 2.45) is 5.92 Å². The molecule has 3 aromatic heterocycles. The van der Waals surface area contributed by atoms with Crippen molar-refractivity contribution in [3.8, 4) is 0 Å². The lowest BCUT2D eigenvalue weighted by atomic mass is 9.96. The Kier molecular flexibility index (Phi) is 4.01. The van der Waals surface area contributed by atoms with E-state index in [0.29, 0.717) is 5.82 Å². The van der Waals surface area contributed by atoms with E-state index < -0.39 is 0 Å². The number of anilines is 2. The summed E-state index contributed by atoms with van der Waals surface area (Å²) in [6.07, 6.45) is 4.88. The Morgan fingerprint density at radius 1 is 1.24 bits per heavy atom. The van der Waals surface area contributed by atoms with E-state index in [4.69, 9.17) is 0 Å². The minimum Gasteiger partial charge on any atom is -0.355 e. The molecule has 0 aliphatic carbocycles. The van der Waals surface area contributed by atoms with E-state index >= 15 is 0 Å². The molecule has 0 spiro atoms. The molecule has 1 amide bonds. The van der Waals surface area contributed by atoms with Crippen LogP contribution in [-0.2, 0) is 4.79 Å². The van der Waals surface area contributed by atoms with Gasteiger partial charge in [-0.2, -0.15) is 4.52 Å². The molecule has 8 heteroatoms. The molecule has 0 radical (unpaired) electrons. The maximum atomic E-state index is 12.5. The first-order chi connectivity index (χ1) is 12.2. The third-order valence-corrected chi connectivity index (χ3v) is 4.50. The molecule has 0 saturated carbocycles. The molecule has 0 atom stereocenters. The highest BCUT2D eigenvalue weighted by atomic mass is 16.1. The molecule has 8 nitrogen and oxygen atoms in total. The highest BCUT2D eigenvalue weighted by Crippen LogP contribution is 2.23. The van der Waals surface area contributed by atoms with E-state index in [-0.39, 0.29) is 11.8 Å². The van der Waals surface area contributed by atoms with Crippen molar-refractivity contribution in [1.82, 2.24) is 24.8 Å². The highest BCUT2D eigenvalue weighted by Gasteiger charge is 2.26. The van der Waals surface area contributed by atoms with Crippen LogP contribution in [0.3, 0.4) is 0 Å².